The van der Waals surface area contributed by atoms with Gasteiger partial charge in [-0.2, -0.15) is 0 Å². The van der Waals surface area contributed by atoms with Gasteiger partial charge in [0.25, 0.3) is 0 Å². The molecule has 1 aromatic carbocycles. The maximum absolute atomic E-state index is 12.3. The van der Waals surface area contributed by atoms with Gasteiger partial charge in [0.2, 0.25) is 5.91 Å². The van der Waals surface area contributed by atoms with Crippen LogP contribution in [0.2, 0.25) is 0 Å². The van der Waals surface area contributed by atoms with Gasteiger partial charge < -0.3 is 10.2 Å². The number of hydrogen-bond acceptors (Lipinski definition) is 3. The molecule has 1 saturated heterocycles. The van der Waals surface area contributed by atoms with Crippen LogP contribution >= 0.6 is 0 Å². The Morgan fingerprint density at radius 1 is 1.16 bits per heavy atom. The van der Waals surface area contributed by atoms with E-state index in [1.807, 2.05) is 24.2 Å². The average molecular weight is 335 g/mol. The molecule has 2 fully saturated rings. The molecule has 0 radical (unpaired) electrons. The van der Waals surface area contributed by atoms with E-state index in [4.69, 9.17) is 0 Å². The second kappa shape index (κ2) is 6.60. The highest BCUT2D eigenvalue weighted by atomic mass is 16.2. The molecule has 0 bridgehead atoms. The van der Waals surface area contributed by atoms with Crippen LogP contribution in [-0.2, 0) is 4.79 Å². The van der Waals surface area contributed by atoms with Crippen molar-refractivity contribution in [3.8, 4) is 0 Å². The molecule has 1 aromatic heterocycles. The molecule has 25 heavy (non-hydrogen) atoms. The number of amides is 1. The lowest BCUT2D eigenvalue weighted by Crippen LogP contribution is -2.47. The predicted molar refractivity (Wildman–Crippen MR) is 98.2 cm³/mol. The number of hydrogen-bond donors (Lipinski definition) is 1. The number of likely N-dealkylation sites (tertiary alicyclic amines) is 1. The average Bonchev–Trinajstić information content (AvgIpc) is 2.86. The summed E-state index contributed by atoms with van der Waals surface area (Å²) in [6.45, 7) is 2.19. The first-order valence-corrected chi connectivity index (χ1v) is 9.10. The van der Waals surface area contributed by atoms with Crippen molar-refractivity contribution >= 4 is 5.91 Å². The number of aromatic nitrogens is 1. The molecule has 2 atom stereocenters. The number of nitrogens with one attached hydrogen (secondary N) is 1. The Morgan fingerprint density at radius 3 is 2.68 bits per heavy atom. The highest BCUT2D eigenvalue weighted by Crippen LogP contribution is 2.40. The van der Waals surface area contributed by atoms with Gasteiger partial charge in [-0.3, -0.25) is 9.78 Å². The molecule has 2 heterocycles. The second-order valence-electron chi connectivity index (χ2n) is 7.43. The van der Waals surface area contributed by atoms with Crippen LogP contribution in [0.3, 0.4) is 0 Å². The van der Waals surface area contributed by atoms with E-state index in [9.17, 15) is 4.79 Å². The number of nitrogens with zero attached hydrogens (tertiary/aromatic N) is 2. The lowest BCUT2D eigenvalue weighted by molar-refractivity contribution is -0.127. The fraction of sp³-hybridized carbons (Fsp3) is 0.429. The van der Waals surface area contributed by atoms with E-state index in [-0.39, 0.29) is 18.0 Å². The van der Waals surface area contributed by atoms with Gasteiger partial charge in [0.05, 0.1) is 6.04 Å². The van der Waals surface area contributed by atoms with E-state index in [0.717, 1.165) is 18.4 Å². The Hall–Kier alpha value is -2.20. The van der Waals surface area contributed by atoms with Crippen LogP contribution in [0, 0.1) is 6.92 Å². The zero-order chi connectivity index (χ0) is 17.4. The Balaban J connectivity index is 1.43. The van der Waals surface area contributed by atoms with Gasteiger partial charge in [0.15, 0.2) is 0 Å². The third kappa shape index (κ3) is 3.07. The van der Waals surface area contributed by atoms with Gasteiger partial charge in [-0.05, 0) is 48.4 Å². The Kier molecular flexibility index (Phi) is 4.30. The highest BCUT2D eigenvalue weighted by Gasteiger charge is 2.41. The first-order valence-electron chi connectivity index (χ1n) is 9.10. The molecule has 4 rings (SSSR count). The van der Waals surface area contributed by atoms with Crippen LogP contribution in [0.15, 0.2) is 48.8 Å². The normalized spacial score (nSPS) is 28.9. The molecule has 2 aliphatic rings. The van der Waals surface area contributed by atoms with E-state index in [0.29, 0.717) is 18.4 Å². The zero-order valence-corrected chi connectivity index (χ0v) is 14.9. The maximum Gasteiger partial charge on any atom is 0.224 e. The minimum Gasteiger partial charge on any atom is -0.337 e. The van der Waals surface area contributed by atoms with E-state index < -0.39 is 0 Å². The molecule has 2 aromatic rings. The largest absolute Gasteiger partial charge is 0.337 e. The quantitative estimate of drug-likeness (QED) is 0.933. The van der Waals surface area contributed by atoms with Crippen LogP contribution < -0.4 is 5.32 Å². The standard InChI is InChI=1S/C21H25N3O/c1-14-6-3-4-8-18(14)16-10-17(11-16)23-19-12-20(25)24(2)21(19)15-7-5-9-22-13-15/h3-9,13,16-17,19,21,23H,10-12H2,1-2H3/t16?,17?,19-,21+/m1/s1. The lowest BCUT2D eigenvalue weighted by atomic mass is 9.74. The summed E-state index contributed by atoms with van der Waals surface area (Å²) in [6.07, 6.45) is 6.53. The monoisotopic (exact) mass is 335 g/mol. The van der Waals surface area contributed by atoms with Gasteiger partial charge in [-0.25, -0.2) is 0 Å². The molecule has 1 N–H and O–H groups in total. The van der Waals surface area contributed by atoms with Crippen molar-refractivity contribution < 1.29 is 4.79 Å². The molecular formula is C21H25N3O. The molecule has 130 valence electrons. The summed E-state index contributed by atoms with van der Waals surface area (Å²) in [7, 11) is 1.90. The minimum atomic E-state index is 0.0821. The summed E-state index contributed by atoms with van der Waals surface area (Å²) < 4.78 is 0. The minimum absolute atomic E-state index is 0.0821. The third-order valence-corrected chi connectivity index (χ3v) is 5.83. The Morgan fingerprint density at radius 2 is 1.96 bits per heavy atom. The van der Waals surface area contributed by atoms with Crippen molar-refractivity contribution in [3.63, 3.8) is 0 Å². The van der Waals surface area contributed by atoms with Crippen LogP contribution in [0.4, 0.5) is 0 Å². The summed E-state index contributed by atoms with van der Waals surface area (Å²) in [4.78, 5) is 18.4. The number of rotatable bonds is 4. The zero-order valence-electron chi connectivity index (χ0n) is 14.9. The van der Waals surface area contributed by atoms with Crippen molar-refractivity contribution in [3.05, 3.63) is 65.5 Å². The molecule has 1 aliphatic heterocycles. The van der Waals surface area contributed by atoms with Crippen molar-refractivity contribution in [2.75, 3.05) is 7.05 Å². The Labute approximate surface area is 149 Å². The topological polar surface area (TPSA) is 45.2 Å². The molecule has 0 spiro atoms. The summed E-state index contributed by atoms with van der Waals surface area (Å²) in [5.74, 6) is 0.853. The molecule has 1 aliphatic carbocycles. The fourth-order valence-electron chi connectivity index (χ4n) is 4.38. The van der Waals surface area contributed by atoms with Crippen LogP contribution in [0.5, 0.6) is 0 Å². The number of likely N-dealkylation sites (N-methyl/N-ethyl adjacent to an activating group) is 1. The van der Waals surface area contributed by atoms with E-state index in [1.165, 1.54) is 11.1 Å². The summed E-state index contributed by atoms with van der Waals surface area (Å²) in [6, 6.07) is 13.4. The van der Waals surface area contributed by atoms with E-state index in [2.05, 4.69) is 47.6 Å². The van der Waals surface area contributed by atoms with Crippen molar-refractivity contribution in [2.45, 2.75) is 50.2 Å². The van der Waals surface area contributed by atoms with Gasteiger partial charge in [0.1, 0.15) is 0 Å². The predicted octanol–water partition coefficient (Wildman–Crippen LogP) is 3.20. The summed E-state index contributed by atoms with van der Waals surface area (Å²) >= 11 is 0. The molecule has 1 saturated carbocycles. The maximum atomic E-state index is 12.3. The van der Waals surface area contributed by atoms with E-state index >= 15 is 0 Å². The molecular weight excluding hydrogens is 310 g/mol. The van der Waals surface area contributed by atoms with Gasteiger partial charge in [0, 0.05) is 37.9 Å². The highest BCUT2D eigenvalue weighted by molar-refractivity contribution is 5.80. The summed E-state index contributed by atoms with van der Waals surface area (Å²) in [5.41, 5.74) is 3.97. The molecule has 4 nitrogen and oxygen atoms in total. The molecule has 1 amide bonds. The van der Waals surface area contributed by atoms with Crippen LogP contribution in [0.1, 0.15) is 47.9 Å². The lowest BCUT2D eigenvalue weighted by Gasteiger charge is -2.40. The SMILES string of the molecule is Cc1ccccc1C1CC(N[C@@H]2CC(=O)N(C)[C@H]2c2cccnc2)C1. The first-order chi connectivity index (χ1) is 12.1. The van der Waals surface area contributed by atoms with Crippen LogP contribution in [0.25, 0.3) is 0 Å². The van der Waals surface area contributed by atoms with Crippen LogP contribution in [-0.4, -0.2) is 34.9 Å². The Bertz CT molecular complexity index is 755. The third-order valence-electron chi connectivity index (χ3n) is 5.83. The van der Waals surface area contributed by atoms with Gasteiger partial charge in [-0.15, -0.1) is 0 Å². The second-order valence-corrected chi connectivity index (χ2v) is 7.43. The van der Waals surface area contributed by atoms with Crippen molar-refractivity contribution in [2.24, 2.45) is 0 Å². The fourth-order valence-corrected chi connectivity index (χ4v) is 4.38. The van der Waals surface area contributed by atoms with E-state index in [1.54, 1.807) is 6.20 Å². The molecule has 4 heteroatoms. The number of benzene rings is 1. The molecule has 0 unspecified atom stereocenters. The van der Waals surface area contributed by atoms with Crippen molar-refractivity contribution in [1.29, 1.82) is 0 Å². The summed E-state index contributed by atoms with van der Waals surface area (Å²) in [5, 5.41) is 3.75. The number of carbonyl (C=O) groups is 1. The van der Waals surface area contributed by atoms with Crippen molar-refractivity contribution in [1.82, 2.24) is 15.2 Å². The first kappa shape index (κ1) is 16.3. The van der Waals surface area contributed by atoms with Gasteiger partial charge in [-0.1, -0.05) is 30.3 Å². The number of pyridine rings is 1. The van der Waals surface area contributed by atoms with Gasteiger partial charge >= 0.3 is 0 Å². The number of carbonyl (C=O) groups excluding carboxylic acids is 1. The smallest absolute Gasteiger partial charge is 0.224 e. The number of aryl methyl sites for hydroxylation is 1.